The molecule has 0 N–H and O–H groups in total. The lowest BCUT2D eigenvalue weighted by Crippen LogP contribution is -2.44. The third kappa shape index (κ3) is 5.43. The number of likely N-dealkylation sites (tertiary alicyclic amines) is 1. The molecule has 0 aliphatic carbocycles. The van der Waals surface area contributed by atoms with Crippen LogP contribution in [0.1, 0.15) is 44.0 Å². The molecule has 3 rings (SSSR count). The van der Waals surface area contributed by atoms with Crippen LogP contribution in [0, 0.1) is 18.8 Å². The maximum Gasteiger partial charge on any atom is 0.331 e. The molecule has 0 aromatic carbocycles. The lowest BCUT2D eigenvalue weighted by Gasteiger charge is -2.34. The summed E-state index contributed by atoms with van der Waals surface area (Å²) in [4.78, 5) is 26.1. The van der Waals surface area contributed by atoms with E-state index in [0.29, 0.717) is 42.6 Å². The van der Waals surface area contributed by atoms with Gasteiger partial charge in [0.05, 0.1) is 23.2 Å². The van der Waals surface area contributed by atoms with Crippen LogP contribution in [0.25, 0.3) is 6.08 Å². The van der Waals surface area contributed by atoms with Crippen molar-refractivity contribution in [2.75, 3.05) is 31.2 Å². The minimum atomic E-state index is -3.07. The average molecular weight is 458 g/mol. The van der Waals surface area contributed by atoms with Crippen molar-refractivity contribution in [1.29, 1.82) is 0 Å². The Morgan fingerprint density at radius 3 is 2.53 bits per heavy atom. The predicted octanol–water partition coefficient (Wildman–Crippen LogP) is 2.27. The van der Waals surface area contributed by atoms with Gasteiger partial charge in [0.15, 0.2) is 16.4 Å². The highest BCUT2D eigenvalue weighted by atomic mass is 35.5. The first kappa shape index (κ1) is 22.8. The molecule has 3 heterocycles. The van der Waals surface area contributed by atoms with E-state index >= 15 is 0 Å². The average Bonchev–Trinajstić information content (AvgIpc) is 3.15. The monoisotopic (exact) mass is 457 g/mol. The summed E-state index contributed by atoms with van der Waals surface area (Å²) in [6.45, 7) is 7.02. The third-order valence-corrected chi connectivity index (χ3v) is 7.70. The molecule has 30 heavy (non-hydrogen) atoms. The first-order valence-electron chi connectivity index (χ1n) is 10.1. The Hall–Kier alpha value is -1.87. The molecule has 3 atom stereocenters. The van der Waals surface area contributed by atoms with Gasteiger partial charge in [0.1, 0.15) is 5.15 Å². The maximum absolute atomic E-state index is 12.3. The molecule has 2 saturated heterocycles. The molecule has 0 spiro atoms. The van der Waals surface area contributed by atoms with Gasteiger partial charge in [-0.2, -0.15) is 5.10 Å². The topological polar surface area (TPSA) is 98.6 Å². The number of halogens is 1. The third-order valence-electron chi connectivity index (χ3n) is 5.57. The lowest BCUT2D eigenvalue weighted by molar-refractivity contribution is -0.149. The number of piperidine rings is 1. The van der Waals surface area contributed by atoms with Crippen LogP contribution in [0.4, 0.5) is 0 Å². The van der Waals surface area contributed by atoms with Crippen molar-refractivity contribution < 1.29 is 22.7 Å². The maximum atomic E-state index is 12.3. The molecule has 0 saturated carbocycles. The molecule has 10 heteroatoms. The zero-order valence-corrected chi connectivity index (χ0v) is 19.1. The van der Waals surface area contributed by atoms with Gasteiger partial charge >= 0.3 is 5.97 Å². The van der Waals surface area contributed by atoms with Gasteiger partial charge in [-0.25, -0.2) is 17.9 Å². The molecule has 1 aromatic rings. The highest BCUT2D eigenvalue weighted by Gasteiger charge is 2.32. The van der Waals surface area contributed by atoms with Crippen LogP contribution in [0.3, 0.4) is 0 Å². The van der Waals surface area contributed by atoms with Crippen molar-refractivity contribution in [1.82, 2.24) is 14.7 Å². The Morgan fingerprint density at radius 1 is 1.27 bits per heavy atom. The summed E-state index contributed by atoms with van der Waals surface area (Å²) in [5, 5.41) is 4.62. The quantitative estimate of drug-likeness (QED) is 0.496. The van der Waals surface area contributed by atoms with Crippen molar-refractivity contribution >= 4 is 39.4 Å². The molecule has 1 aromatic heterocycles. The van der Waals surface area contributed by atoms with Gasteiger partial charge in [0.2, 0.25) is 0 Å². The van der Waals surface area contributed by atoms with E-state index in [1.54, 1.807) is 11.8 Å². The molecule has 0 radical (unpaired) electrons. The predicted molar refractivity (Wildman–Crippen MR) is 114 cm³/mol. The molecule has 0 bridgehead atoms. The second-order valence-electron chi connectivity index (χ2n) is 8.48. The van der Waals surface area contributed by atoms with Crippen LogP contribution >= 0.6 is 11.6 Å². The lowest BCUT2D eigenvalue weighted by atomic mass is 9.92. The number of rotatable bonds is 5. The number of carbonyl (C=O) groups is 2. The number of aryl methyl sites for hydroxylation is 1. The fourth-order valence-electron chi connectivity index (χ4n) is 4.22. The number of hydrogen-bond acceptors (Lipinski definition) is 6. The number of amides is 1. The second-order valence-corrected chi connectivity index (χ2v) is 11.1. The highest BCUT2D eigenvalue weighted by molar-refractivity contribution is 7.91. The van der Waals surface area contributed by atoms with E-state index in [2.05, 4.69) is 18.9 Å². The van der Waals surface area contributed by atoms with E-state index in [1.165, 1.54) is 16.8 Å². The summed E-state index contributed by atoms with van der Waals surface area (Å²) in [7, 11) is -3.07. The number of aromatic nitrogens is 2. The van der Waals surface area contributed by atoms with Crippen LogP contribution in [0.5, 0.6) is 0 Å². The summed E-state index contributed by atoms with van der Waals surface area (Å²) in [6, 6.07) is -0.303. The van der Waals surface area contributed by atoms with Crippen molar-refractivity contribution in [2.24, 2.45) is 11.8 Å². The molecular formula is C20H28ClN3O5S. The van der Waals surface area contributed by atoms with Crippen molar-refractivity contribution in [3.63, 3.8) is 0 Å². The minimum absolute atomic E-state index is 0.00881. The van der Waals surface area contributed by atoms with E-state index < -0.39 is 15.8 Å². The van der Waals surface area contributed by atoms with E-state index in [0.717, 1.165) is 6.42 Å². The molecule has 8 nitrogen and oxygen atoms in total. The fraction of sp³-hybridized carbons (Fsp3) is 0.650. The van der Waals surface area contributed by atoms with E-state index in [9.17, 15) is 18.0 Å². The molecule has 166 valence electrons. The largest absolute Gasteiger partial charge is 0.452 e. The summed E-state index contributed by atoms with van der Waals surface area (Å²) < 4.78 is 30.0. The molecule has 0 unspecified atom stereocenters. The Bertz CT molecular complexity index is 946. The normalized spacial score (nSPS) is 26.3. The van der Waals surface area contributed by atoms with Gasteiger partial charge in [-0.3, -0.25) is 4.79 Å². The highest BCUT2D eigenvalue weighted by Crippen LogP contribution is 2.30. The van der Waals surface area contributed by atoms with E-state index in [4.69, 9.17) is 16.3 Å². The fourth-order valence-corrected chi connectivity index (χ4v) is 6.29. The van der Waals surface area contributed by atoms with Crippen LogP contribution < -0.4 is 0 Å². The zero-order valence-electron chi connectivity index (χ0n) is 17.5. The number of ether oxygens (including phenoxy) is 1. The summed E-state index contributed by atoms with van der Waals surface area (Å²) in [5.41, 5.74) is 1.11. The van der Waals surface area contributed by atoms with Crippen molar-refractivity contribution in [3.05, 3.63) is 22.5 Å². The number of hydrogen-bond donors (Lipinski definition) is 0. The van der Waals surface area contributed by atoms with Crippen LogP contribution in [-0.4, -0.2) is 66.2 Å². The van der Waals surface area contributed by atoms with Gasteiger partial charge in [-0.1, -0.05) is 25.4 Å². The molecular weight excluding hydrogens is 430 g/mol. The van der Waals surface area contributed by atoms with Crippen molar-refractivity contribution in [2.45, 2.75) is 39.7 Å². The van der Waals surface area contributed by atoms with Gasteiger partial charge in [-0.05, 0) is 37.7 Å². The Balaban J connectivity index is 1.58. The number of esters is 1. The Morgan fingerprint density at radius 2 is 1.93 bits per heavy atom. The van der Waals surface area contributed by atoms with Crippen LogP contribution in [0.2, 0.25) is 5.15 Å². The standard InChI is InChI=1S/C20H28ClN3O5S/c1-13-8-14(2)10-23(9-13)18(25)11-29-19(26)5-4-17-15(3)22-24(20(17)21)16-6-7-30(27,28)12-16/h4-5,13-14,16H,6-12H2,1-3H3/b5-4+/t13-,14+,16-/m1/s1. The molecule has 2 fully saturated rings. The van der Waals surface area contributed by atoms with Gasteiger partial charge in [-0.15, -0.1) is 0 Å². The molecule has 2 aliphatic rings. The van der Waals surface area contributed by atoms with Gasteiger partial charge in [0.25, 0.3) is 5.91 Å². The molecule has 1 amide bonds. The minimum Gasteiger partial charge on any atom is -0.452 e. The summed E-state index contributed by atoms with van der Waals surface area (Å²) in [6.07, 6.45) is 4.25. The van der Waals surface area contributed by atoms with E-state index in [1.807, 2.05) is 0 Å². The van der Waals surface area contributed by atoms with E-state index in [-0.39, 0.29) is 35.2 Å². The van der Waals surface area contributed by atoms with Crippen LogP contribution in [-0.2, 0) is 24.2 Å². The zero-order chi connectivity index (χ0) is 22.1. The first-order valence-corrected chi connectivity index (χ1v) is 12.3. The first-order chi connectivity index (χ1) is 14.1. The SMILES string of the molecule is Cc1nn([C@@H]2CCS(=O)(=O)C2)c(Cl)c1/C=C/C(=O)OCC(=O)N1C[C@H](C)C[C@H](C)C1. The summed E-state index contributed by atoms with van der Waals surface area (Å²) >= 11 is 6.38. The van der Waals surface area contributed by atoms with Gasteiger partial charge < -0.3 is 9.64 Å². The number of nitrogens with zero attached hydrogens (tertiary/aromatic N) is 3. The summed E-state index contributed by atoms with van der Waals surface area (Å²) in [5.74, 6) is 0.157. The Labute approximate surface area is 182 Å². The number of sulfone groups is 1. The number of carbonyl (C=O) groups excluding carboxylic acids is 2. The van der Waals surface area contributed by atoms with Gasteiger partial charge in [0, 0.05) is 24.7 Å². The smallest absolute Gasteiger partial charge is 0.331 e. The van der Waals surface area contributed by atoms with Crippen molar-refractivity contribution in [3.8, 4) is 0 Å². The Kier molecular flexibility index (Phi) is 6.91. The molecule has 2 aliphatic heterocycles. The second kappa shape index (κ2) is 9.09. The van der Waals surface area contributed by atoms with Crippen LogP contribution in [0.15, 0.2) is 6.08 Å².